The first kappa shape index (κ1) is 17.8. The van der Waals surface area contributed by atoms with Gasteiger partial charge in [0.2, 0.25) is 5.91 Å². The molecular weight excluding hydrogens is 340 g/mol. The van der Waals surface area contributed by atoms with Crippen molar-refractivity contribution in [2.75, 3.05) is 26.7 Å². The maximum absolute atomic E-state index is 12.3. The molecule has 1 aromatic carbocycles. The predicted octanol–water partition coefficient (Wildman–Crippen LogP) is 1.84. The van der Waals surface area contributed by atoms with Crippen LogP contribution in [0.5, 0.6) is 0 Å². The molecule has 1 aliphatic heterocycles. The van der Waals surface area contributed by atoms with Crippen molar-refractivity contribution < 1.29 is 14.7 Å². The minimum absolute atomic E-state index is 0.106. The molecule has 3 rings (SSSR count). The van der Waals surface area contributed by atoms with Crippen LogP contribution in [0.1, 0.15) is 24.8 Å². The van der Waals surface area contributed by atoms with E-state index in [0.29, 0.717) is 38.9 Å². The van der Waals surface area contributed by atoms with Crippen LogP contribution in [0.2, 0.25) is 0 Å². The average Bonchev–Trinajstić information content (AvgIpc) is 3.07. The van der Waals surface area contributed by atoms with Crippen molar-refractivity contribution >= 4 is 34.6 Å². The summed E-state index contributed by atoms with van der Waals surface area (Å²) < 4.78 is 8.45. The minimum atomic E-state index is -0.751. The number of rotatable bonds is 6. The Morgan fingerprint density at radius 2 is 2.00 bits per heavy atom. The zero-order valence-electron chi connectivity index (χ0n) is 14.2. The second-order valence-corrected chi connectivity index (χ2v) is 7.10. The molecule has 1 N–H and O–H groups in total. The Kier molecular flexibility index (Phi) is 5.60. The SMILES string of the molecule is CN(CCC(=O)N1CCC(C(=O)O)CC1)Cc1ccc2nsnc2c1. The van der Waals surface area contributed by atoms with Crippen molar-refractivity contribution in [1.29, 1.82) is 0 Å². The maximum atomic E-state index is 12.3. The molecule has 0 radical (unpaired) electrons. The molecule has 7 nitrogen and oxygen atoms in total. The summed E-state index contributed by atoms with van der Waals surface area (Å²) >= 11 is 1.21. The number of hydrogen-bond donors (Lipinski definition) is 1. The van der Waals surface area contributed by atoms with Gasteiger partial charge in [0.25, 0.3) is 0 Å². The van der Waals surface area contributed by atoms with Crippen molar-refractivity contribution in [1.82, 2.24) is 18.5 Å². The Bertz CT molecular complexity index is 755. The summed E-state index contributed by atoms with van der Waals surface area (Å²) in [6, 6.07) is 6.05. The third-order valence-electron chi connectivity index (χ3n) is 4.67. The fourth-order valence-corrected chi connectivity index (χ4v) is 3.65. The van der Waals surface area contributed by atoms with Gasteiger partial charge in [-0.1, -0.05) is 6.07 Å². The van der Waals surface area contributed by atoms with Gasteiger partial charge in [-0.05, 0) is 37.6 Å². The van der Waals surface area contributed by atoms with Crippen LogP contribution in [0.25, 0.3) is 11.0 Å². The Balaban J connectivity index is 1.44. The highest BCUT2D eigenvalue weighted by atomic mass is 32.1. The van der Waals surface area contributed by atoms with E-state index in [4.69, 9.17) is 5.11 Å². The first-order valence-electron chi connectivity index (χ1n) is 8.43. The van der Waals surface area contributed by atoms with Gasteiger partial charge in [0.1, 0.15) is 11.0 Å². The van der Waals surface area contributed by atoms with E-state index in [1.165, 1.54) is 11.7 Å². The molecule has 25 heavy (non-hydrogen) atoms. The first-order chi connectivity index (χ1) is 12.0. The molecule has 1 aromatic heterocycles. The van der Waals surface area contributed by atoms with E-state index in [9.17, 15) is 9.59 Å². The fourth-order valence-electron chi connectivity index (χ4n) is 3.14. The van der Waals surface area contributed by atoms with Crippen LogP contribution in [-0.2, 0) is 16.1 Å². The second kappa shape index (κ2) is 7.88. The van der Waals surface area contributed by atoms with E-state index in [1.54, 1.807) is 4.90 Å². The fraction of sp³-hybridized carbons (Fsp3) is 0.529. The maximum Gasteiger partial charge on any atom is 0.306 e. The van der Waals surface area contributed by atoms with E-state index in [2.05, 4.69) is 13.6 Å². The molecule has 1 fully saturated rings. The van der Waals surface area contributed by atoms with Crippen LogP contribution >= 0.6 is 11.7 Å². The van der Waals surface area contributed by atoms with Crippen LogP contribution in [-0.4, -0.2) is 62.2 Å². The van der Waals surface area contributed by atoms with Gasteiger partial charge < -0.3 is 14.9 Å². The summed E-state index contributed by atoms with van der Waals surface area (Å²) in [6.07, 6.45) is 1.56. The highest BCUT2D eigenvalue weighted by Crippen LogP contribution is 2.18. The Labute approximate surface area is 150 Å². The van der Waals surface area contributed by atoms with Crippen molar-refractivity contribution in [3.63, 3.8) is 0 Å². The van der Waals surface area contributed by atoms with Gasteiger partial charge in [0.05, 0.1) is 17.6 Å². The van der Waals surface area contributed by atoms with Crippen molar-refractivity contribution in [2.24, 2.45) is 5.92 Å². The zero-order valence-corrected chi connectivity index (χ0v) is 15.0. The molecule has 1 saturated heterocycles. The van der Waals surface area contributed by atoms with Crippen molar-refractivity contribution in [3.05, 3.63) is 23.8 Å². The van der Waals surface area contributed by atoms with Gasteiger partial charge in [-0.25, -0.2) is 0 Å². The summed E-state index contributed by atoms with van der Waals surface area (Å²) in [5.41, 5.74) is 2.97. The van der Waals surface area contributed by atoms with Crippen LogP contribution < -0.4 is 0 Å². The third kappa shape index (κ3) is 4.52. The normalized spacial score (nSPS) is 15.8. The van der Waals surface area contributed by atoms with Gasteiger partial charge in [-0.15, -0.1) is 0 Å². The van der Waals surface area contributed by atoms with Gasteiger partial charge in [0, 0.05) is 32.6 Å². The van der Waals surface area contributed by atoms with Crippen molar-refractivity contribution in [2.45, 2.75) is 25.8 Å². The van der Waals surface area contributed by atoms with E-state index < -0.39 is 5.97 Å². The lowest BCUT2D eigenvalue weighted by atomic mass is 9.97. The van der Waals surface area contributed by atoms with E-state index in [0.717, 1.165) is 23.1 Å². The molecule has 0 atom stereocenters. The highest BCUT2D eigenvalue weighted by molar-refractivity contribution is 7.00. The monoisotopic (exact) mass is 362 g/mol. The summed E-state index contributed by atoms with van der Waals surface area (Å²) in [7, 11) is 1.99. The van der Waals surface area contributed by atoms with Gasteiger partial charge in [-0.3, -0.25) is 9.59 Å². The van der Waals surface area contributed by atoms with E-state index in [-0.39, 0.29) is 11.8 Å². The molecule has 0 saturated carbocycles. The molecule has 1 amide bonds. The molecule has 0 spiro atoms. The molecule has 2 aromatic rings. The number of carboxylic acid groups (broad SMARTS) is 1. The summed E-state index contributed by atoms with van der Waals surface area (Å²) in [4.78, 5) is 27.2. The number of likely N-dealkylation sites (tertiary alicyclic amines) is 1. The number of carbonyl (C=O) groups excluding carboxylic acids is 1. The quantitative estimate of drug-likeness (QED) is 0.844. The lowest BCUT2D eigenvalue weighted by Crippen LogP contribution is -2.41. The van der Waals surface area contributed by atoms with Crippen LogP contribution in [0, 0.1) is 5.92 Å². The largest absolute Gasteiger partial charge is 0.481 e. The molecule has 0 bridgehead atoms. The number of aliphatic carboxylic acids is 1. The zero-order chi connectivity index (χ0) is 17.8. The number of benzene rings is 1. The number of carbonyl (C=O) groups is 2. The molecule has 8 heteroatoms. The number of aromatic nitrogens is 2. The van der Waals surface area contributed by atoms with Crippen LogP contribution in [0.4, 0.5) is 0 Å². The smallest absolute Gasteiger partial charge is 0.306 e. The lowest BCUT2D eigenvalue weighted by molar-refractivity contribution is -0.145. The average molecular weight is 362 g/mol. The van der Waals surface area contributed by atoms with E-state index >= 15 is 0 Å². The number of amides is 1. The summed E-state index contributed by atoms with van der Waals surface area (Å²) in [5.74, 6) is -0.948. The number of fused-ring (bicyclic) bond motifs is 1. The molecule has 134 valence electrons. The number of carboxylic acids is 1. The summed E-state index contributed by atoms with van der Waals surface area (Å²) in [5, 5.41) is 9.01. The predicted molar refractivity (Wildman–Crippen MR) is 95.3 cm³/mol. The Hall–Kier alpha value is -2.06. The number of nitrogens with zero attached hydrogens (tertiary/aromatic N) is 4. The highest BCUT2D eigenvalue weighted by Gasteiger charge is 2.26. The van der Waals surface area contributed by atoms with Gasteiger partial charge in [-0.2, -0.15) is 8.75 Å². The van der Waals surface area contributed by atoms with E-state index in [1.807, 2.05) is 25.2 Å². The second-order valence-electron chi connectivity index (χ2n) is 6.57. The topological polar surface area (TPSA) is 86.6 Å². The van der Waals surface area contributed by atoms with Gasteiger partial charge >= 0.3 is 5.97 Å². The molecule has 0 unspecified atom stereocenters. The molecule has 1 aliphatic rings. The Morgan fingerprint density at radius 1 is 1.28 bits per heavy atom. The van der Waals surface area contributed by atoms with Crippen LogP contribution in [0.15, 0.2) is 18.2 Å². The van der Waals surface area contributed by atoms with Crippen molar-refractivity contribution in [3.8, 4) is 0 Å². The standard InChI is InChI=1S/C17H22N4O3S/c1-20(11-12-2-3-14-15(10-12)19-25-18-14)7-6-16(22)21-8-4-13(5-9-21)17(23)24/h2-3,10,13H,4-9,11H2,1H3,(H,23,24). The summed E-state index contributed by atoms with van der Waals surface area (Å²) in [6.45, 7) is 2.52. The lowest BCUT2D eigenvalue weighted by Gasteiger charge is -2.30. The third-order valence-corrected chi connectivity index (χ3v) is 5.23. The first-order valence-corrected chi connectivity index (χ1v) is 9.16. The molecule has 0 aliphatic carbocycles. The van der Waals surface area contributed by atoms with Crippen LogP contribution in [0.3, 0.4) is 0 Å². The van der Waals surface area contributed by atoms with Gasteiger partial charge in [0.15, 0.2) is 0 Å². The molecule has 2 heterocycles. The molecular formula is C17H22N4O3S. The number of piperidine rings is 1. The minimum Gasteiger partial charge on any atom is -0.481 e. The number of hydrogen-bond acceptors (Lipinski definition) is 6. The Morgan fingerprint density at radius 3 is 2.72 bits per heavy atom.